The maximum absolute atomic E-state index is 11.9. The van der Waals surface area contributed by atoms with Crippen LogP contribution in [0.3, 0.4) is 0 Å². The Hall–Kier alpha value is -3.71. The Bertz CT molecular complexity index is 1130. The SMILES string of the molecule is C=CC(=O)Cc1cc(C)ccc1Nc1nc(Nc2cccc(C(N)=O)c2)ncc1Cl. The summed E-state index contributed by atoms with van der Waals surface area (Å²) in [4.78, 5) is 31.8. The first kappa shape index (κ1) is 21.0. The summed E-state index contributed by atoms with van der Waals surface area (Å²) in [6.07, 6.45) is 2.97. The van der Waals surface area contributed by atoms with E-state index in [-0.39, 0.29) is 18.2 Å². The number of aryl methyl sites for hydroxylation is 1. The first-order valence-corrected chi connectivity index (χ1v) is 9.44. The molecule has 2 aromatic carbocycles. The third-order valence-electron chi connectivity index (χ3n) is 4.25. The molecule has 152 valence electrons. The first-order valence-electron chi connectivity index (χ1n) is 9.07. The van der Waals surface area contributed by atoms with Gasteiger partial charge in [0.1, 0.15) is 5.02 Å². The summed E-state index contributed by atoms with van der Waals surface area (Å²) in [5.74, 6) is 0.0313. The van der Waals surface area contributed by atoms with Crippen molar-refractivity contribution in [3.63, 3.8) is 0 Å². The second kappa shape index (κ2) is 9.19. The third-order valence-corrected chi connectivity index (χ3v) is 4.53. The van der Waals surface area contributed by atoms with E-state index >= 15 is 0 Å². The normalized spacial score (nSPS) is 10.3. The van der Waals surface area contributed by atoms with Crippen molar-refractivity contribution < 1.29 is 9.59 Å². The van der Waals surface area contributed by atoms with Crippen molar-refractivity contribution >= 4 is 46.4 Å². The molecule has 0 aliphatic rings. The van der Waals surface area contributed by atoms with E-state index in [9.17, 15) is 9.59 Å². The Morgan fingerprint density at radius 1 is 1.20 bits per heavy atom. The quantitative estimate of drug-likeness (QED) is 0.467. The van der Waals surface area contributed by atoms with Gasteiger partial charge in [0.25, 0.3) is 0 Å². The molecule has 0 radical (unpaired) electrons. The number of benzene rings is 2. The number of aromatic nitrogens is 2. The monoisotopic (exact) mass is 421 g/mol. The highest BCUT2D eigenvalue weighted by Crippen LogP contribution is 2.28. The molecule has 4 N–H and O–H groups in total. The van der Waals surface area contributed by atoms with Gasteiger partial charge in [0.2, 0.25) is 11.9 Å². The van der Waals surface area contributed by atoms with E-state index in [0.29, 0.717) is 27.8 Å². The van der Waals surface area contributed by atoms with Gasteiger partial charge in [0.05, 0.1) is 6.20 Å². The zero-order valence-corrected chi connectivity index (χ0v) is 17.0. The Labute approximate surface area is 179 Å². The van der Waals surface area contributed by atoms with Crippen molar-refractivity contribution in [1.82, 2.24) is 9.97 Å². The third kappa shape index (κ3) is 5.21. The molecule has 1 aromatic heterocycles. The van der Waals surface area contributed by atoms with Crippen LogP contribution in [-0.2, 0) is 11.2 Å². The minimum absolute atomic E-state index is 0.0888. The Balaban J connectivity index is 1.88. The fourth-order valence-electron chi connectivity index (χ4n) is 2.77. The summed E-state index contributed by atoms with van der Waals surface area (Å²) < 4.78 is 0. The van der Waals surface area contributed by atoms with E-state index in [1.54, 1.807) is 24.3 Å². The van der Waals surface area contributed by atoms with E-state index in [0.717, 1.165) is 11.1 Å². The summed E-state index contributed by atoms with van der Waals surface area (Å²) in [5, 5.41) is 6.50. The van der Waals surface area contributed by atoms with Crippen molar-refractivity contribution in [3.8, 4) is 0 Å². The highest BCUT2D eigenvalue weighted by Gasteiger charge is 2.11. The lowest BCUT2D eigenvalue weighted by Gasteiger charge is -2.14. The summed E-state index contributed by atoms with van der Waals surface area (Å²) in [6, 6.07) is 12.4. The molecular weight excluding hydrogens is 402 g/mol. The van der Waals surface area contributed by atoms with Gasteiger partial charge in [-0.2, -0.15) is 4.98 Å². The number of rotatable bonds is 8. The van der Waals surface area contributed by atoms with Crippen LogP contribution in [0.15, 0.2) is 61.3 Å². The minimum atomic E-state index is -0.529. The van der Waals surface area contributed by atoms with Gasteiger partial charge in [-0.25, -0.2) is 4.98 Å². The molecule has 0 aliphatic heterocycles. The van der Waals surface area contributed by atoms with E-state index in [4.69, 9.17) is 17.3 Å². The largest absolute Gasteiger partial charge is 0.366 e. The van der Waals surface area contributed by atoms with Crippen LogP contribution in [0.25, 0.3) is 0 Å². The number of ketones is 1. The topological polar surface area (TPSA) is 110 Å². The summed E-state index contributed by atoms with van der Waals surface area (Å²) in [6.45, 7) is 5.48. The number of hydrogen-bond acceptors (Lipinski definition) is 6. The van der Waals surface area contributed by atoms with Crippen molar-refractivity contribution in [1.29, 1.82) is 0 Å². The lowest BCUT2D eigenvalue weighted by Crippen LogP contribution is -2.11. The number of anilines is 4. The van der Waals surface area contributed by atoms with Crippen LogP contribution >= 0.6 is 11.6 Å². The molecule has 1 heterocycles. The molecule has 0 saturated carbocycles. The second-order valence-electron chi connectivity index (χ2n) is 6.59. The summed E-state index contributed by atoms with van der Waals surface area (Å²) in [7, 11) is 0. The Morgan fingerprint density at radius 2 is 2.00 bits per heavy atom. The number of nitrogens with zero attached hydrogens (tertiary/aromatic N) is 2. The first-order chi connectivity index (χ1) is 14.4. The average molecular weight is 422 g/mol. The lowest BCUT2D eigenvalue weighted by molar-refractivity contribution is -0.114. The van der Waals surface area contributed by atoms with Gasteiger partial charge in [-0.1, -0.05) is 41.9 Å². The van der Waals surface area contributed by atoms with Gasteiger partial charge in [0.15, 0.2) is 11.6 Å². The maximum Gasteiger partial charge on any atom is 0.248 e. The van der Waals surface area contributed by atoms with Crippen LogP contribution in [-0.4, -0.2) is 21.7 Å². The number of hydrogen-bond donors (Lipinski definition) is 3. The van der Waals surface area contributed by atoms with Crippen molar-refractivity contribution in [2.45, 2.75) is 13.3 Å². The highest BCUT2D eigenvalue weighted by atomic mass is 35.5. The second-order valence-corrected chi connectivity index (χ2v) is 7.00. The maximum atomic E-state index is 11.9. The standard InChI is InChI=1S/C22H20ClN5O2/c1-3-17(29)11-15-9-13(2)7-8-19(15)27-21-18(23)12-25-22(28-21)26-16-6-4-5-14(10-16)20(24)30/h3-10,12H,1,11H2,2H3,(H2,24,30)(H2,25,26,27,28). The number of carbonyl (C=O) groups excluding carboxylic acids is 2. The highest BCUT2D eigenvalue weighted by molar-refractivity contribution is 6.32. The van der Waals surface area contributed by atoms with Gasteiger partial charge in [0, 0.05) is 23.4 Å². The molecule has 3 rings (SSSR count). The van der Waals surface area contributed by atoms with Gasteiger partial charge in [-0.05, 0) is 42.8 Å². The molecule has 3 aromatic rings. The van der Waals surface area contributed by atoms with Crippen LogP contribution in [0.1, 0.15) is 21.5 Å². The van der Waals surface area contributed by atoms with Crippen molar-refractivity contribution in [2.24, 2.45) is 5.73 Å². The number of nitrogens with two attached hydrogens (primary N) is 1. The van der Waals surface area contributed by atoms with Gasteiger partial charge in [-0.3, -0.25) is 9.59 Å². The number of nitrogens with one attached hydrogen (secondary N) is 2. The van der Waals surface area contributed by atoms with Crippen molar-refractivity contribution in [2.75, 3.05) is 10.6 Å². The molecule has 0 bridgehead atoms. The number of halogens is 1. The summed E-state index contributed by atoms with van der Waals surface area (Å²) >= 11 is 6.27. The average Bonchev–Trinajstić information content (AvgIpc) is 2.72. The molecule has 30 heavy (non-hydrogen) atoms. The van der Waals surface area contributed by atoms with Gasteiger partial charge in [-0.15, -0.1) is 0 Å². The van der Waals surface area contributed by atoms with Crippen molar-refractivity contribution in [3.05, 3.63) is 83.0 Å². The molecule has 8 heteroatoms. The summed E-state index contributed by atoms with van der Waals surface area (Å²) in [5.41, 5.74) is 8.82. The molecule has 0 saturated heterocycles. The van der Waals surface area contributed by atoms with Gasteiger partial charge >= 0.3 is 0 Å². The molecule has 0 atom stereocenters. The molecule has 0 spiro atoms. The number of primary amides is 1. The van der Waals surface area contributed by atoms with E-state index < -0.39 is 5.91 Å². The molecular formula is C22H20ClN5O2. The zero-order valence-electron chi connectivity index (χ0n) is 16.3. The Morgan fingerprint density at radius 3 is 2.73 bits per heavy atom. The van der Waals surface area contributed by atoms with E-state index in [1.807, 2.05) is 25.1 Å². The predicted molar refractivity (Wildman–Crippen MR) is 119 cm³/mol. The zero-order chi connectivity index (χ0) is 21.7. The van der Waals surface area contributed by atoms with E-state index in [2.05, 4.69) is 27.2 Å². The van der Waals surface area contributed by atoms with Crippen LogP contribution < -0.4 is 16.4 Å². The number of amides is 1. The number of carbonyl (C=O) groups is 2. The fraction of sp³-hybridized carbons (Fsp3) is 0.0909. The molecule has 1 amide bonds. The van der Waals surface area contributed by atoms with Crippen LogP contribution in [0.4, 0.5) is 23.1 Å². The van der Waals surface area contributed by atoms with Crippen LogP contribution in [0, 0.1) is 6.92 Å². The predicted octanol–water partition coefficient (Wildman–Crippen LogP) is 4.32. The fourth-order valence-corrected chi connectivity index (χ4v) is 2.91. The minimum Gasteiger partial charge on any atom is -0.366 e. The Kier molecular flexibility index (Phi) is 6.44. The molecule has 0 aliphatic carbocycles. The molecule has 0 fully saturated rings. The van der Waals surface area contributed by atoms with Crippen LogP contribution in [0.2, 0.25) is 5.02 Å². The van der Waals surface area contributed by atoms with E-state index in [1.165, 1.54) is 12.3 Å². The number of allylic oxidation sites excluding steroid dienone is 1. The van der Waals surface area contributed by atoms with Gasteiger partial charge < -0.3 is 16.4 Å². The molecule has 0 unspecified atom stereocenters. The molecule has 7 nitrogen and oxygen atoms in total. The lowest BCUT2D eigenvalue weighted by atomic mass is 10.0. The smallest absolute Gasteiger partial charge is 0.248 e. The van der Waals surface area contributed by atoms with Crippen LogP contribution in [0.5, 0.6) is 0 Å².